The number of carbonyl (C=O) groups is 1. The summed E-state index contributed by atoms with van der Waals surface area (Å²) in [6.45, 7) is 3.33. The number of carboxylic acids is 1. The van der Waals surface area contributed by atoms with Crippen LogP contribution in [0.25, 0.3) is 0 Å². The molecule has 14 heavy (non-hydrogen) atoms. The van der Waals surface area contributed by atoms with Crippen molar-refractivity contribution in [3.05, 3.63) is 0 Å². The number of unbranched alkanes of at least 4 members (excludes halogenated alkanes) is 2. The molecule has 0 fully saturated rings. The molecule has 4 nitrogen and oxygen atoms in total. The lowest BCUT2D eigenvalue weighted by Crippen LogP contribution is -2.07. The fourth-order valence-electron chi connectivity index (χ4n) is 0.923. The van der Waals surface area contributed by atoms with Gasteiger partial charge in [-0.05, 0) is 12.8 Å². The normalized spacial score (nSPS) is 11.4. The van der Waals surface area contributed by atoms with Crippen LogP contribution in [0, 0.1) is 0 Å². The van der Waals surface area contributed by atoms with Crippen LogP contribution in [0.5, 0.6) is 0 Å². The quantitative estimate of drug-likeness (QED) is 0.574. The van der Waals surface area contributed by atoms with Gasteiger partial charge in [-0.2, -0.15) is 0 Å². The third kappa shape index (κ3) is 22.5. The molecule has 0 aromatic carbocycles. The van der Waals surface area contributed by atoms with Gasteiger partial charge in [0.15, 0.2) is 0 Å². The lowest BCUT2D eigenvalue weighted by atomic mass is 10.1. The van der Waals surface area contributed by atoms with Crippen LogP contribution in [0.1, 0.15) is 46.0 Å². The Kier molecular flexibility index (Phi) is 14.0. The van der Waals surface area contributed by atoms with Crippen LogP contribution < -0.4 is 0 Å². The molecule has 0 heterocycles. The van der Waals surface area contributed by atoms with Gasteiger partial charge < -0.3 is 15.3 Å². The summed E-state index contributed by atoms with van der Waals surface area (Å²) < 4.78 is 0. The molecule has 0 aliphatic rings. The molecule has 86 valence electrons. The van der Waals surface area contributed by atoms with E-state index < -0.39 is 5.97 Å². The molecule has 1 atom stereocenters. The van der Waals surface area contributed by atoms with Gasteiger partial charge in [0, 0.05) is 13.5 Å². The van der Waals surface area contributed by atoms with E-state index in [1.54, 1.807) is 0 Å². The van der Waals surface area contributed by atoms with Crippen molar-refractivity contribution in [2.24, 2.45) is 0 Å². The first kappa shape index (κ1) is 15.8. The molecule has 0 aromatic rings. The molecule has 1 unspecified atom stereocenters. The first-order valence-electron chi connectivity index (χ1n) is 5.03. The molecular formula is C10H22O4. The minimum absolute atomic E-state index is 0.104. The zero-order valence-electron chi connectivity index (χ0n) is 9.07. The van der Waals surface area contributed by atoms with Crippen LogP contribution in [0.3, 0.4) is 0 Å². The second kappa shape index (κ2) is 12.4. The Hall–Kier alpha value is -0.610. The maximum absolute atomic E-state index is 9.12. The summed E-state index contributed by atoms with van der Waals surface area (Å²) in [5, 5.41) is 25.0. The highest BCUT2D eigenvalue weighted by Gasteiger charge is 2.00. The Morgan fingerprint density at radius 1 is 1.29 bits per heavy atom. The van der Waals surface area contributed by atoms with Gasteiger partial charge in [-0.3, -0.25) is 4.79 Å². The van der Waals surface area contributed by atoms with Crippen molar-refractivity contribution in [3.63, 3.8) is 0 Å². The zero-order valence-corrected chi connectivity index (χ0v) is 9.07. The van der Waals surface area contributed by atoms with Crippen LogP contribution in [-0.4, -0.2) is 34.0 Å². The van der Waals surface area contributed by atoms with Crippen LogP contribution in [0.15, 0.2) is 0 Å². The second-order valence-corrected chi connectivity index (χ2v) is 3.18. The van der Waals surface area contributed by atoms with Crippen molar-refractivity contribution in [3.8, 4) is 0 Å². The molecule has 0 saturated heterocycles. The van der Waals surface area contributed by atoms with Crippen molar-refractivity contribution in [2.75, 3.05) is 6.61 Å². The van der Waals surface area contributed by atoms with Gasteiger partial charge in [-0.1, -0.05) is 26.2 Å². The van der Waals surface area contributed by atoms with E-state index in [4.69, 9.17) is 20.1 Å². The maximum Gasteiger partial charge on any atom is 0.300 e. The molecule has 3 N–H and O–H groups in total. The van der Waals surface area contributed by atoms with E-state index in [0.29, 0.717) is 6.42 Å². The van der Waals surface area contributed by atoms with Gasteiger partial charge in [-0.15, -0.1) is 0 Å². The molecule has 0 amide bonds. The average molecular weight is 206 g/mol. The van der Waals surface area contributed by atoms with Crippen molar-refractivity contribution in [1.29, 1.82) is 0 Å². The molecule has 0 aromatic heterocycles. The molecule has 0 aliphatic carbocycles. The van der Waals surface area contributed by atoms with Crippen LogP contribution >= 0.6 is 0 Å². The van der Waals surface area contributed by atoms with Crippen LogP contribution in [0.2, 0.25) is 0 Å². The van der Waals surface area contributed by atoms with Gasteiger partial charge in [0.1, 0.15) is 0 Å². The molecule has 0 saturated carbocycles. The van der Waals surface area contributed by atoms with Gasteiger partial charge in [0.25, 0.3) is 5.97 Å². The summed E-state index contributed by atoms with van der Waals surface area (Å²) in [5.74, 6) is -0.833. The number of rotatable bonds is 6. The van der Waals surface area contributed by atoms with Crippen molar-refractivity contribution in [2.45, 2.75) is 52.1 Å². The van der Waals surface area contributed by atoms with E-state index in [1.807, 2.05) is 0 Å². The van der Waals surface area contributed by atoms with Crippen molar-refractivity contribution in [1.82, 2.24) is 0 Å². The molecule has 0 bridgehead atoms. The Balaban J connectivity index is 0. The zero-order chi connectivity index (χ0) is 11.4. The summed E-state index contributed by atoms with van der Waals surface area (Å²) in [4.78, 5) is 9.00. The number of carboxylic acid groups (broad SMARTS) is 1. The number of hydrogen-bond acceptors (Lipinski definition) is 3. The lowest BCUT2D eigenvalue weighted by Gasteiger charge is -2.06. The lowest BCUT2D eigenvalue weighted by molar-refractivity contribution is -0.134. The topological polar surface area (TPSA) is 77.8 Å². The largest absolute Gasteiger partial charge is 0.481 e. The third-order valence-corrected chi connectivity index (χ3v) is 1.60. The van der Waals surface area contributed by atoms with Gasteiger partial charge >= 0.3 is 0 Å². The summed E-state index contributed by atoms with van der Waals surface area (Å²) in [5.41, 5.74) is 0. The third-order valence-electron chi connectivity index (χ3n) is 1.60. The van der Waals surface area contributed by atoms with Gasteiger partial charge in [0.05, 0.1) is 6.10 Å². The molecular weight excluding hydrogens is 184 g/mol. The fraction of sp³-hybridized carbons (Fsp3) is 0.900. The number of aliphatic carboxylic acids is 1. The first-order chi connectivity index (χ1) is 6.54. The highest BCUT2D eigenvalue weighted by molar-refractivity contribution is 5.62. The first-order valence-corrected chi connectivity index (χ1v) is 5.03. The highest BCUT2D eigenvalue weighted by atomic mass is 16.4. The molecule has 4 heteroatoms. The number of hydrogen-bond donors (Lipinski definition) is 3. The molecule has 0 radical (unpaired) electrons. The summed E-state index contributed by atoms with van der Waals surface area (Å²) in [7, 11) is 0. The summed E-state index contributed by atoms with van der Waals surface area (Å²) >= 11 is 0. The monoisotopic (exact) mass is 206 g/mol. The standard InChI is InChI=1S/C8H18O2.C2H4O2/c1-2-3-4-5-8(10)6-7-9;1-2(3)4/h8-10H,2-7H2,1H3;1H3,(H,3,4). The Bertz CT molecular complexity index is 121. The molecule has 0 rings (SSSR count). The van der Waals surface area contributed by atoms with Crippen molar-refractivity contribution >= 4 is 5.97 Å². The van der Waals surface area contributed by atoms with E-state index in [9.17, 15) is 0 Å². The van der Waals surface area contributed by atoms with Crippen molar-refractivity contribution < 1.29 is 20.1 Å². The van der Waals surface area contributed by atoms with E-state index in [1.165, 1.54) is 12.8 Å². The van der Waals surface area contributed by atoms with Crippen LogP contribution in [-0.2, 0) is 4.79 Å². The predicted molar refractivity (Wildman–Crippen MR) is 55.2 cm³/mol. The second-order valence-electron chi connectivity index (χ2n) is 3.18. The minimum Gasteiger partial charge on any atom is -0.481 e. The number of aliphatic hydroxyl groups is 2. The number of aliphatic hydroxyl groups excluding tert-OH is 2. The summed E-state index contributed by atoms with van der Waals surface area (Å²) in [6.07, 6.45) is 4.54. The average Bonchev–Trinajstić information content (AvgIpc) is 2.04. The van der Waals surface area contributed by atoms with E-state index in [2.05, 4.69) is 6.92 Å². The Morgan fingerprint density at radius 2 is 1.79 bits per heavy atom. The van der Waals surface area contributed by atoms with Crippen LogP contribution in [0.4, 0.5) is 0 Å². The van der Waals surface area contributed by atoms with Gasteiger partial charge in [-0.25, -0.2) is 0 Å². The highest BCUT2D eigenvalue weighted by Crippen LogP contribution is 2.05. The van der Waals surface area contributed by atoms with E-state index in [0.717, 1.165) is 19.8 Å². The molecule has 0 spiro atoms. The van der Waals surface area contributed by atoms with E-state index >= 15 is 0 Å². The molecule has 0 aliphatic heterocycles. The fourth-order valence-corrected chi connectivity index (χ4v) is 0.923. The SMILES string of the molecule is CC(=O)O.CCCCCC(O)CCO. The van der Waals surface area contributed by atoms with E-state index in [-0.39, 0.29) is 12.7 Å². The maximum atomic E-state index is 9.12. The minimum atomic E-state index is -0.833. The van der Waals surface area contributed by atoms with Gasteiger partial charge in [0.2, 0.25) is 0 Å². The predicted octanol–water partition coefficient (Wildman–Crippen LogP) is 1.40. The smallest absolute Gasteiger partial charge is 0.300 e. The summed E-state index contributed by atoms with van der Waals surface area (Å²) in [6, 6.07) is 0. The Labute approximate surface area is 85.6 Å². The Morgan fingerprint density at radius 3 is 2.14 bits per heavy atom.